The van der Waals surface area contributed by atoms with E-state index in [-0.39, 0.29) is 12.5 Å². The zero-order valence-corrected chi connectivity index (χ0v) is 14.2. The summed E-state index contributed by atoms with van der Waals surface area (Å²) in [6, 6.07) is 7.86. The van der Waals surface area contributed by atoms with E-state index in [1.54, 1.807) is 30.7 Å². The van der Waals surface area contributed by atoms with Crippen molar-refractivity contribution < 1.29 is 9.21 Å². The van der Waals surface area contributed by atoms with E-state index in [9.17, 15) is 4.79 Å². The van der Waals surface area contributed by atoms with Gasteiger partial charge >= 0.3 is 0 Å². The van der Waals surface area contributed by atoms with E-state index < -0.39 is 0 Å². The number of aliphatic imine (C=N–C) groups is 1. The van der Waals surface area contributed by atoms with Gasteiger partial charge in [-0.25, -0.2) is 0 Å². The summed E-state index contributed by atoms with van der Waals surface area (Å²) in [7, 11) is 1.68. The molecule has 2 rings (SSSR count). The lowest BCUT2D eigenvalue weighted by molar-refractivity contribution is -0.120. The number of hydrogen-bond acceptors (Lipinski definition) is 4. The van der Waals surface area contributed by atoms with Crippen molar-refractivity contribution in [2.75, 3.05) is 13.6 Å². The average molecular weight is 334 g/mol. The second kappa shape index (κ2) is 8.99. The maximum Gasteiger partial charge on any atom is 0.239 e. The molecule has 0 unspecified atom stereocenters. The van der Waals surface area contributed by atoms with Crippen molar-refractivity contribution in [3.05, 3.63) is 46.0 Å². The number of guanidine groups is 1. The van der Waals surface area contributed by atoms with Gasteiger partial charge in [-0.2, -0.15) is 0 Å². The van der Waals surface area contributed by atoms with Crippen LogP contribution in [0.1, 0.15) is 22.4 Å². The molecule has 0 fully saturated rings. The Morgan fingerprint density at radius 3 is 2.65 bits per heavy atom. The van der Waals surface area contributed by atoms with Crippen molar-refractivity contribution in [3.8, 4) is 0 Å². The number of nitrogens with one attached hydrogen (secondary N) is 3. The van der Waals surface area contributed by atoms with Crippen molar-refractivity contribution in [1.82, 2.24) is 16.0 Å². The van der Waals surface area contributed by atoms with Crippen LogP contribution >= 0.6 is 11.3 Å². The van der Waals surface area contributed by atoms with Gasteiger partial charge in [-0.15, -0.1) is 11.3 Å². The van der Waals surface area contributed by atoms with Gasteiger partial charge < -0.3 is 20.4 Å². The molecular formula is C16H22N4O2S. The highest BCUT2D eigenvalue weighted by Crippen LogP contribution is 2.16. The number of aryl methyl sites for hydroxylation is 1. The summed E-state index contributed by atoms with van der Waals surface area (Å²) in [5, 5.41) is 8.96. The summed E-state index contributed by atoms with van der Waals surface area (Å²) in [6.07, 6.45) is 2.63. The minimum absolute atomic E-state index is 0.117. The van der Waals surface area contributed by atoms with Crippen LogP contribution in [-0.4, -0.2) is 25.5 Å². The molecule has 0 aromatic carbocycles. The molecule has 0 spiro atoms. The van der Waals surface area contributed by atoms with Crippen LogP contribution in [0.3, 0.4) is 0 Å². The fourth-order valence-corrected chi connectivity index (χ4v) is 2.82. The van der Waals surface area contributed by atoms with E-state index in [1.165, 1.54) is 9.75 Å². The number of amides is 1. The van der Waals surface area contributed by atoms with Crippen LogP contribution in [0.2, 0.25) is 0 Å². The fourth-order valence-electron chi connectivity index (χ4n) is 1.92. The van der Waals surface area contributed by atoms with E-state index in [4.69, 9.17) is 4.42 Å². The number of carbonyl (C=O) groups excluding carboxylic acids is 1. The highest BCUT2D eigenvalue weighted by atomic mass is 32.1. The van der Waals surface area contributed by atoms with Crippen molar-refractivity contribution in [3.63, 3.8) is 0 Å². The molecule has 124 valence electrons. The van der Waals surface area contributed by atoms with Gasteiger partial charge in [0.25, 0.3) is 0 Å². The fraction of sp³-hybridized carbons (Fsp3) is 0.375. The Balaban J connectivity index is 1.68. The standard InChI is InChI=1S/C16H22N4O2S/c1-3-13-6-7-14(23-13)10-19-16(17-2)20-11-15(21)18-9-12-5-4-8-22-12/h4-8H,3,9-11H2,1-2H3,(H,18,21)(H2,17,19,20). The molecule has 0 radical (unpaired) electrons. The third-order valence-corrected chi connectivity index (χ3v) is 4.41. The van der Waals surface area contributed by atoms with Crippen LogP contribution in [0.15, 0.2) is 39.9 Å². The van der Waals surface area contributed by atoms with Crippen LogP contribution in [-0.2, 0) is 24.3 Å². The summed E-state index contributed by atoms with van der Waals surface area (Å²) in [5.41, 5.74) is 0. The largest absolute Gasteiger partial charge is 0.467 e. The van der Waals surface area contributed by atoms with Crippen LogP contribution < -0.4 is 16.0 Å². The molecule has 2 heterocycles. The molecule has 0 bridgehead atoms. The first kappa shape index (κ1) is 17.1. The number of nitrogens with zero attached hydrogens (tertiary/aromatic N) is 1. The number of rotatable bonds is 7. The van der Waals surface area contributed by atoms with E-state index in [0.717, 1.165) is 12.2 Å². The van der Waals surface area contributed by atoms with Gasteiger partial charge in [-0.3, -0.25) is 9.79 Å². The monoisotopic (exact) mass is 334 g/mol. The maximum absolute atomic E-state index is 11.8. The smallest absolute Gasteiger partial charge is 0.239 e. The van der Waals surface area contributed by atoms with E-state index in [1.807, 2.05) is 6.07 Å². The highest BCUT2D eigenvalue weighted by Gasteiger charge is 2.05. The Bertz CT molecular complexity index is 634. The van der Waals surface area contributed by atoms with Gasteiger partial charge in [-0.1, -0.05) is 6.92 Å². The predicted octanol–water partition coefficient (Wildman–Crippen LogP) is 1.88. The Morgan fingerprint density at radius 2 is 2.00 bits per heavy atom. The van der Waals surface area contributed by atoms with E-state index >= 15 is 0 Å². The Hall–Kier alpha value is -2.28. The SMILES string of the molecule is CCc1ccc(CNC(=NC)NCC(=O)NCc2ccco2)s1. The molecule has 3 N–H and O–H groups in total. The first-order valence-electron chi connectivity index (χ1n) is 7.52. The molecule has 23 heavy (non-hydrogen) atoms. The molecule has 0 aliphatic heterocycles. The van der Waals surface area contributed by atoms with Gasteiger partial charge in [0.2, 0.25) is 5.91 Å². The minimum Gasteiger partial charge on any atom is -0.467 e. The Morgan fingerprint density at radius 1 is 1.17 bits per heavy atom. The topological polar surface area (TPSA) is 78.7 Å². The summed E-state index contributed by atoms with van der Waals surface area (Å²) in [4.78, 5) is 18.5. The molecule has 0 atom stereocenters. The first-order valence-corrected chi connectivity index (χ1v) is 8.34. The normalized spacial score (nSPS) is 11.3. The summed E-state index contributed by atoms with van der Waals surface area (Å²) < 4.78 is 5.16. The maximum atomic E-state index is 11.8. The molecule has 2 aromatic heterocycles. The van der Waals surface area contributed by atoms with Crippen LogP contribution in [0.4, 0.5) is 0 Å². The van der Waals surface area contributed by atoms with Crippen LogP contribution in [0, 0.1) is 0 Å². The molecule has 0 aliphatic rings. The van der Waals surface area contributed by atoms with Gasteiger partial charge in [-0.05, 0) is 30.7 Å². The molecule has 0 saturated heterocycles. The molecule has 2 aromatic rings. The number of carbonyl (C=O) groups is 1. The van der Waals surface area contributed by atoms with Crippen LogP contribution in [0.25, 0.3) is 0 Å². The van der Waals surface area contributed by atoms with Gasteiger partial charge in [0.1, 0.15) is 5.76 Å². The quantitative estimate of drug-likeness (QED) is 0.534. The molecule has 7 heteroatoms. The van der Waals surface area contributed by atoms with Crippen molar-refractivity contribution in [2.45, 2.75) is 26.4 Å². The first-order chi connectivity index (χ1) is 11.2. The van der Waals surface area contributed by atoms with Gasteiger partial charge in [0.15, 0.2) is 5.96 Å². The lowest BCUT2D eigenvalue weighted by Crippen LogP contribution is -2.42. The average Bonchev–Trinajstić information content (AvgIpc) is 3.24. The van der Waals surface area contributed by atoms with Crippen molar-refractivity contribution in [2.24, 2.45) is 4.99 Å². The number of furan rings is 1. The lowest BCUT2D eigenvalue weighted by Gasteiger charge is -2.11. The summed E-state index contributed by atoms with van der Waals surface area (Å²) >= 11 is 1.78. The molecule has 0 aliphatic carbocycles. The van der Waals surface area contributed by atoms with Crippen LogP contribution in [0.5, 0.6) is 0 Å². The van der Waals surface area contributed by atoms with Crippen molar-refractivity contribution in [1.29, 1.82) is 0 Å². The number of hydrogen-bond donors (Lipinski definition) is 3. The zero-order chi connectivity index (χ0) is 16.5. The molecule has 1 amide bonds. The second-order valence-corrected chi connectivity index (χ2v) is 6.11. The molecular weight excluding hydrogens is 312 g/mol. The van der Waals surface area contributed by atoms with E-state index in [2.05, 4.69) is 40.0 Å². The highest BCUT2D eigenvalue weighted by molar-refractivity contribution is 7.11. The zero-order valence-electron chi connectivity index (χ0n) is 13.4. The molecule has 6 nitrogen and oxygen atoms in total. The second-order valence-electron chi connectivity index (χ2n) is 4.86. The number of thiophene rings is 1. The summed E-state index contributed by atoms with van der Waals surface area (Å²) in [6.45, 7) is 3.38. The van der Waals surface area contributed by atoms with Gasteiger partial charge in [0.05, 0.1) is 25.9 Å². The van der Waals surface area contributed by atoms with E-state index in [0.29, 0.717) is 19.0 Å². The predicted molar refractivity (Wildman–Crippen MR) is 92.5 cm³/mol. The summed E-state index contributed by atoms with van der Waals surface area (Å²) in [5.74, 6) is 1.21. The third kappa shape index (κ3) is 5.78. The minimum atomic E-state index is -0.117. The third-order valence-electron chi connectivity index (χ3n) is 3.18. The van der Waals surface area contributed by atoms with Crippen molar-refractivity contribution >= 4 is 23.2 Å². The van der Waals surface area contributed by atoms with Gasteiger partial charge in [0, 0.05) is 16.8 Å². The Labute approximate surface area is 140 Å². The molecule has 0 saturated carbocycles. The Kier molecular flexibility index (Phi) is 6.68. The lowest BCUT2D eigenvalue weighted by atomic mass is 10.4.